The van der Waals surface area contributed by atoms with Gasteiger partial charge >= 0.3 is 0 Å². The van der Waals surface area contributed by atoms with Gasteiger partial charge in [-0.3, -0.25) is 9.59 Å². The lowest BCUT2D eigenvalue weighted by Gasteiger charge is -2.38. The number of thiophene rings is 1. The average Bonchev–Trinajstić information content (AvgIpc) is 3.41. The standard InChI is InChI=1S/C22H25ClN2O2S/c1-14-3-5-16(6-4-14)21-18-10-12-28-19(18)9-11-24(21)20(26)13-25(17-7-8-17)22(27)15(2)23/h3-6,10,12,15,17,21H,7-9,11,13H2,1-2H3/t15-,21-/m1/s1. The summed E-state index contributed by atoms with van der Waals surface area (Å²) in [6.07, 6.45) is 2.78. The number of alkyl halides is 1. The number of carbonyl (C=O) groups is 2. The van der Waals surface area contributed by atoms with Crippen molar-refractivity contribution in [3.8, 4) is 0 Å². The molecule has 2 aliphatic rings. The van der Waals surface area contributed by atoms with Crippen LogP contribution in [0.2, 0.25) is 0 Å². The van der Waals surface area contributed by atoms with E-state index in [1.807, 2.05) is 4.90 Å². The number of carbonyl (C=O) groups excluding carboxylic acids is 2. The van der Waals surface area contributed by atoms with Gasteiger partial charge in [-0.05, 0) is 55.7 Å². The highest BCUT2D eigenvalue weighted by molar-refractivity contribution is 7.10. The number of aryl methyl sites for hydroxylation is 1. The number of fused-ring (bicyclic) bond motifs is 1. The molecule has 1 aliphatic heterocycles. The Morgan fingerprint density at radius 1 is 1.25 bits per heavy atom. The summed E-state index contributed by atoms with van der Waals surface area (Å²) >= 11 is 7.80. The van der Waals surface area contributed by atoms with Crippen molar-refractivity contribution in [3.63, 3.8) is 0 Å². The highest BCUT2D eigenvalue weighted by Crippen LogP contribution is 2.38. The van der Waals surface area contributed by atoms with Crippen LogP contribution in [0.15, 0.2) is 35.7 Å². The monoisotopic (exact) mass is 416 g/mol. The fourth-order valence-electron chi connectivity index (χ4n) is 3.93. The maximum Gasteiger partial charge on any atom is 0.243 e. The number of rotatable bonds is 5. The van der Waals surface area contributed by atoms with Crippen LogP contribution in [0.3, 0.4) is 0 Å². The Morgan fingerprint density at radius 2 is 1.96 bits per heavy atom. The van der Waals surface area contributed by atoms with Gasteiger partial charge in [0.25, 0.3) is 0 Å². The topological polar surface area (TPSA) is 40.6 Å². The lowest BCUT2D eigenvalue weighted by atomic mass is 9.92. The van der Waals surface area contributed by atoms with Gasteiger partial charge in [0.2, 0.25) is 11.8 Å². The van der Waals surface area contributed by atoms with E-state index in [-0.39, 0.29) is 30.4 Å². The van der Waals surface area contributed by atoms with Crippen molar-refractivity contribution in [2.24, 2.45) is 0 Å². The third-order valence-electron chi connectivity index (χ3n) is 5.60. The minimum absolute atomic E-state index is 0.00000772. The number of nitrogens with zero attached hydrogens (tertiary/aromatic N) is 2. The van der Waals surface area contributed by atoms with Crippen LogP contribution < -0.4 is 0 Å². The number of amides is 2. The van der Waals surface area contributed by atoms with Gasteiger partial charge in [-0.2, -0.15) is 0 Å². The summed E-state index contributed by atoms with van der Waals surface area (Å²) in [6, 6.07) is 10.6. The van der Waals surface area contributed by atoms with Gasteiger partial charge in [0, 0.05) is 17.5 Å². The highest BCUT2D eigenvalue weighted by atomic mass is 35.5. The Bertz CT molecular complexity index is 873. The van der Waals surface area contributed by atoms with Crippen molar-refractivity contribution in [2.75, 3.05) is 13.1 Å². The van der Waals surface area contributed by atoms with Crippen LogP contribution in [0, 0.1) is 6.92 Å². The first kappa shape index (κ1) is 19.5. The number of benzene rings is 1. The van der Waals surface area contributed by atoms with Crippen LogP contribution in [0.1, 0.15) is 47.4 Å². The van der Waals surface area contributed by atoms with E-state index in [9.17, 15) is 9.59 Å². The molecule has 2 aromatic rings. The molecule has 4 nitrogen and oxygen atoms in total. The summed E-state index contributed by atoms with van der Waals surface area (Å²) in [5.41, 5.74) is 3.53. The van der Waals surface area contributed by atoms with Crippen LogP contribution in [0.5, 0.6) is 0 Å². The lowest BCUT2D eigenvalue weighted by Crippen LogP contribution is -2.48. The summed E-state index contributed by atoms with van der Waals surface area (Å²) in [5.74, 6) is -0.141. The van der Waals surface area contributed by atoms with Crippen LogP contribution in [0.25, 0.3) is 0 Å². The molecule has 0 radical (unpaired) electrons. The van der Waals surface area contributed by atoms with E-state index in [0.717, 1.165) is 24.8 Å². The quantitative estimate of drug-likeness (QED) is 0.687. The molecule has 0 N–H and O–H groups in total. The highest BCUT2D eigenvalue weighted by Gasteiger charge is 2.38. The molecular formula is C22H25ClN2O2S. The largest absolute Gasteiger partial charge is 0.330 e. The van der Waals surface area contributed by atoms with Crippen molar-refractivity contribution in [3.05, 3.63) is 57.3 Å². The third kappa shape index (κ3) is 3.83. The van der Waals surface area contributed by atoms with Crippen LogP contribution in [0.4, 0.5) is 0 Å². The van der Waals surface area contributed by atoms with Crippen LogP contribution in [-0.4, -0.2) is 46.1 Å². The van der Waals surface area contributed by atoms with Crippen molar-refractivity contribution in [1.82, 2.24) is 9.80 Å². The maximum absolute atomic E-state index is 13.3. The zero-order valence-electron chi connectivity index (χ0n) is 16.2. The molecular weight excluding hydrogens is 392 g/mol. The van der Waals surface area contributed by atoms with E-state index in [4.69, 9.17) is 11.6 Å². The lowest BCUT2D eigenvalue weighted by molar-refractivity contribution is -0.141. The van der Waals surface area contributed by atoms with Crippen LogP contribution in [-0.2, 0) is 16.0 Å². The molecule has 1 saturated carbocycles. The maximum atomic E-state index is 13.3. The molecule has 148 valence electrons. The van der Waals surface area contributed by atoms with Gasteiger partial charge in [0.1, 0.15) is 11.9 Å². The second kappa shape index (κ2) is 7.88. The second-order valence-corrected chi connectivity index (χ2v) is 9.42. The number of hydrogen-bond acceptors (Lipinski definition) is 3. The molecule has 28 heavy (non-hydrogen) atoms. The first-order valence-electron chi connectivity index (χ1n) is 9.82. The Hall–Kier alpha value is -1.85. The number of hydrogen-bond donors (Lipinski definition) is 0. The Morgan fingerprint density at radius 3 is 2.61 bits per heavy atom. The summed E-state index contributed by atoms with van der Waals surface area (Å²) in [4.78, 5) is 30.8. The van der Waals surface area contributed by atoms with Gasteiger partial charge in [-0.1, -0.05) is 29.8 Å². The summed E-state index contributed by atoms with van der Waals surface area (Å²) < 4.78 is 0. The molecule has 4 rings (SSSR count). The van der Waals surface area contributed by atoms with Gasteiger partial charge in [-0.25, -0.2) is 0 Å². The molecule has 2 amide bonds. The fraction of sp³-hybridized carbons (Fsp3) is 0.455. The SMILES string of the molecule is Cc1ccc([C@@H]2c3ccsc3CCN2C(=O)CN(C(=O)[C@@H](C)Cl)C2CC2)cc1. The zero-order valence-corrected chi connectivity index (χ0v) is 17.8. The predicted octanol–water partition coefficient (Wildman–Crippen LogP) is 4.15. The van der Waals surface area contributed by atoms with Crippen molar-refractivity contribution in [2.45, 2.75) is 50.6 Å². The molecule has 1 aromatic carbocycles. The smallest absolute Gasteiger partial charge is 0.243 e. The Balaban J connectivity index is 1.62. The average molecular weight is 417 g/mol. The van der Waals surface area contributed by atoms with E-state index in [0.29, 0.717) is 6.54 Å². The van der Waals surface area contributed by atoms with Crippen molar-refractivity contribution >= 4 is 34.8 Å². The zero-order chi connectivity index (χ0) is 19.8. The van der Waals surface area contributed by atoms with Gasteiger partial charge in [0.05, 0.1) is 6.04 Å². The van der Waals surface area contributed by atoms with Crippen molar-refractivity contribution < 1.29 is 9.59 Å². The molecule has 2 atom stereocenters. The minimum atomic E-state index is -0.605. The molecule has 0 bridgehead atoms. The molecule has 1 aromatic heterocycles. The molecule has 1 aliphatic carbocycles. The summed E-state index contributed by atoms with van der Waals surface area (Å²) in [6.45, 7) is 4.53. The summed E-state index contributed by atoms with van der Waals surface area (Å²) in [5, 5.41) is 1.50. The van der Waals surface area contributed by atoms with Crippen LogP contribution >= 0.6 is 22.9 Å². The van der Waals surface area contributed by atoms with Gasteiger partial charge in [0.15, 0.2) is 0 Å². The first-order chi connectivity index (χ1) is 13.5. The first-order valence-corrected chi connectivity index (χ1v) is 11.1. The molecule has 6 heteroatoms. The van der Waals surface area contributed by atoms with Gasteiger partial charge in [-0.15, -0.1) is 22.9 Å². The predicted molar refractivity (Wildman–Crippen MR) is 113 cm³/mol. The van der Waals surface area contributed by atoms with Gasteiger partial charge < -0.3 is 9.80 Å². The Labute approximate surface area is 175 Å². The number of halogens is 1. The normalized spacial score (nSPS) is 19.8. The summed E-state index contributed by atoms with van der Waals surface area (Å²) in [7, 11) is 0. The molecule has 2 heterocycles. The second-order valence-electron chi connectivity index (χ2n) is 7.76. The van der Waals surface area contributed by atoms with E-state index >= 15 is 0 Å². The molecule has 0 saturated heterocycles. The van der Waals surface area contributed by atoms with E-state index in [1.54, 1.807) is 23.2 Å². The van der Waals surface area contributed by atoms with E-state index < -0.39 is 5.38 Å². The third-order valence-corrected chi connectivity index (χ3v) is 6.78. The fourth-order valence-corrected chi connectivity index (χ4v) is 4.96. The van der Waals surface area contributed by atoms with E-state index in [2.05, 4.69) is 42.6 Å². The van der Waals surface area contributed by atoms with Crippen molar-refractivity contribution in [1.29, 1.82) is 0 Å². The van der Waals surface area contributed by atoms with E-state index in [1.165, 1.54) is 16.0 Å². The molecule has 0 spiro atoms. The minimum Gasteiger partial charge on any atom is -0.330 e. The Kier molecular flexibility index (Phi) is 5.48. The molecule has 0 unspecified atom stereocenters. The molecule has 1 fully saturated rings.